The summed E-state index contributed by atoms with van der Waals surface area (Å²) in [5.74, 6) is -0.324. The molecule has 1 aliphatic rings. The maximum atomic E-state index is 12.8. The van der Waals surface area contributed by atoms with Gasteiger partial charge in [0.2, 0.25) is 0 Å². The van der Waals surface area contributed by atoms with Crippen molar-refractivity contribution < 1.29 is 44.2 Å². The van der Waals surface area contributed by atoms with E-state index in [-0.39, 0.29) is 19.2 Å². The van der Waals surface area contributed by atoms with E-state index in [0.29, 0.717) is 13.0 Å². The van der Waals surface area contributed by atoms with Crippen LogP contribution >= 0.6 is 0 Å². The molecule has 370 valence electrons. The molecule has 0 aromatic heterocycles. The summed E-state index contributed by atoms with van der Waals surface area (Å²) in [5.41, 5.74) is 0. The van der Waals surface area contributed by atoms with Crippen molar-refractivity contribution in [1.29, 1.82) is 0 Å². The summed E-state index contributed by atoms with van der Waals surface area (Å²) in [6.45, 7) is 4.41. The molecular formula is C55H96O9. The average Bonchev–Trinajstić information content (AvgIpc) is 3.30. The van der Waals surface area contributed by atoms with Gasteiger partial charge in [-0.15, -0.1) is 0 Å². The van der Waals surface area contributed by atoms with E-state index in [9.17, 15) is 25.2 Å². The molecule has 6 atom stereocenters. The van der Waals surface area contributed by atoms with Gasteiger partial charge in [-0.05, 0) is 83.5 Å². The minimum atomic E-state index is -1.54. The highest BCUT2D eigenvalue weighted by Crippen LogP contribution is 2.23. The van der Waals surface area contributed by atoms with E-state index >= 15 is 0 Å². The van der Waals surface area contributed by atoms with Crippen LogP contribution in [0.5, 0.6) is 0 Å². The lowest BCUT2D eigenvalue weighted by molar-refractivity contribution is -0.305. The summed E-state index contributed by atoms with van der Waals surface area (Å²) < 4.78 is 22.9. The molecule has 1 fully saturated rings. The van der Waals surface area contributed by atoms with Gasteiger partial charge >= 0.3 is 5.97 Å². The molecule has 6 unspecified atom stereocenters. The molecule has 0 aromatic carbocycles. The maximum absolute atomic E-state index is 12.8. The van der Waals surface area contributed by atoms with Crippen LogP contribution in [0, 0.1) is 0 Å². The molecule has 9 heteroatoms. The van der Waals surface area contributed by atoms with Crippen molar-refractivity contribution in [3.63, 3.8) is 0 Å². The van der Waals surface area contributed by atoms with Crippen LogP contribution in [0.15, 0.2) is 72.9 Å². The van der Waals surface area contributed by atoms with Crippen molar-refractivity contribution in [2.24, 2.45) is 0 Å². The molecule has 9 nitrogen and oxygen atoms in total. The molecule has 0 radical (unpaired) electrons. The SMILES string of the molecule is CC/C=C\C/C=C\C/C=C\C/C=C\CCCCCCCCCCCCCOCC(COC1OC(CO)C(O)C(O)C1O)OC(=O)CCCCCCCCC/C=C\C/C=C\CCCCC. The molecule has 1 rings (SSSR count). The minimum Gasteiger partial charge on any atom is -0.457 e. The lowest BCUT2D eigenvalue weighted by Gasteiger charge is -2.39. The third-order valence-corrected chi connectivity index (χ3v) is 11.6. The van der Waals surface area contributed by atoms with Gasteiger partial charge in [0.25, 0.3) is 0 Å². The molecule has 4 N–H and O–H groups in total. The predicted molar refractivity (Wildman–Crippen MR) is 265 cm³/mol. The maximum Gasteiger partial charge on any atom is 0.306 e. The number of rotatable bonds is 44. The average molecular weight is 901 g/mol. The van der Waals surface area contributed by atoms with Gasteiger partial charge in [-0.2, -0.15) is 0 Å². The van der Waals surface area contributed by atoms with Gasteiger partial charge in [0.1, 0.15) is 30.5 Å². The Balaban J connectivity index is 2.20. The number of carbonyl (C=O) groups is 1. The Bertz CT molecular complexity index is 1210. The van der Waals surface area contributed by atoms with Crippen LogP contribution in [0.2, 0.25) is 0 Å². The Hall–Kier alpha value is -2.37. The van der Waals surface area contributed by atoms with Crippen molar-refractivity contribution in [2.75, 3.05) is 26.4 Å². The van der Waals surface area contributed by atoms with Gasteiger partial charge in [-0.1, -0.05) is 189 Å². The predicted octanol–water partition coefficient (Wildman–Crippen LogP) is 12.8. The van der Waals surface area contributed by atoms with Gasteiger partial charge in [-0.3, -0.25) is 4.79 Å². The monoisotopic (exact) mass is 901 g/mol. The first-order chi connectivity index (χ1) is 31.4. The third-order valence-electron chi connectivity index (χ3n) is 11.6. The number of hydrogen-bond donors (Lipinski definition) is 4. The zero-order valence-electron chi connectivity index (χ0n) is 40.8. The Kier molecular flexibility index (Phi) is 42.7. The Morgan fingerprint density at radius 1 is 0.516 bits per heavy atom. The topological polar surface area (TPSA) is 135 Å². The number of unbranched alkanes of at least 4 members (excludes halogenated alkanes) is 21. The van der Waals surface area contributed by atoms with Crippen molar-refractivity contribution in [3.05, 3.63) is 72.9 Å². The minimum absolute atomic E-state index is 0.120. The molecular weight excluding hydrogens is 805 g/mol. The third kappa shape index (κ3) is 35.8. The number of carbonyl (C=O) groups excluding carboxylic acids is 1. The molecule has 0 saturated carbocycles. The lowest BCUT2D eigenvalue weighted by atomic mass is 9.99. The molecule has 0 amide bonds. The van der Waals surface area contributed by atoms with Gasteiger partial charge in [0.05, 0.1) is 19.8 Å². The van der Waals surface area contributed by atoms with Crippen molar-refractivity contribution in [3.8, 4) is 0 Å². The largest absolute Gasteiger partial charge is 0.457 e. The van der Waals surface area contributed by atoms with Crippen molar-refractivity contribution in [2.45, 2.75) is 243 Å². The smallest absolute Gasteiger partial charge is 0.306 e. The first kappa shape index (κ1) is 59.6. The number of allylic oxidation sites excluding steroid dienone is 12. The second-order valence-electron chi connectivity index (χ2n) is 17.6. The van der Waals surface area contributed by atoms with Crippen LogP contribution in [0.4, 0.5) is 0 Å². The molecule has 0 aromatic rings. The van der Waals surface area contributed by atoms with Crippen molar-refractivity contribution in [1.82, 2.24) is 0 Å². The summed E-state index contributed by atoms with van der Waals surface area (Å²) in [6, 6.07) is 0. The number of aliphatic hydroxyl groups is 4. The normalized spacial score (nSPS) is 20.1. The van der Waals surface area contributed by atoms with Gasteiger partial charge in [0, 0.05) is 13.0 Å². The summed E-state index contributed by atoms with van der Waals surface area (Å²) >= 11 is 0. The number of esters is 1. The summed E-state index contributed by atoms with van der Waals surface area (Å²) in [7, 11) is 0. The van der Waals surface area contributed by atoms with Crippen LogP contribution < -0.4 is 0 Å². The Morgan fingerprint density at radius 2 is 0.953 bits per heavy atom. The molecule has 0 spiro atoms. The Labute approximate surface area is 391 Å². The quantitative estimate of drug-likeness (QED) is 0.0268. The first-order valence-electron chi connectivity index (χ1n) is 26.0. The highest BCUT2D eigenvalue weighted by molar-refractivity contribution is 5.69. The summed E-state index contributed by atoms with van der Waals surface area (Å²) in [5, 5.41) is 40.3. The van der Waals surface area contributed by atoms with E-state index in [4.69, 9.17) is 18.9 Å². The van der Waals surface area contributed by atoms with Crippen LogP contribution in [-0.4, -0.2) is 89.6 Å². The summed E-state index contributed by atoms with van der Waals surface area (Å²) in [4.78, 5) is 12.8. The van der Waals surface area contributed by atoms with E-state index < -0.39 is 43.4 Å². The fraction of sp³-hybridized carbons (Fsp3) is 0.764. The van der Waals surface area contributed by atoms with E-state index in [1.807, 2.05) is 0 Å². The van der Waals surface area contributed by atoms with Gasteiger partial charge in [-0.25, -0.2) is 0 Å². The van der Waals surface area contributed by atoms with Crippen LogP contribution in [0.3, 0.4) is 0 Å². The van der Waals surface area contributed by atoms with E-state index in [0.717, 1.165) is 77.0 Å². The second-order valence-corrected chi connectivity index (χ2v) is 17.6. The van der Waals surface area contributed by atoms with Crippen LogP contribution in [-0.2, 0) is 23.7 Å². The zero-order chi connectivity index (χ0) is 46.4. The van der Waals surface area contributed by atoms with Crippen LogP contribution in [0.25, 0.3) is 0 Å². The highest BCUT2D eigenvalue weighted by atomic mass is 16.7. The number of ether oxygens (including phenoxy) is 4. The van der Waals surface area contributed by atoms with E-state index in [2.05, 4.69) is 86.8 Å². The van der Waals surface area contributed by atoms with Gasteiger partial charge < -0.3 is 39.4 Å². The van der Waals surface area contributed by atoms with E-state index in [1.54, 1.807) is 0 Å². The van der Waals surface area contributed by atoms with Crippen molar-refractivity contribution >= 4 is 5.97 Å². The molecule has 1 heterocycles. The molecule has 0 aliphatic carbocycles. The molecule has 1 aliphatic heterocycles. The standard InChI is InChI=1S/C55H96O9/c1-3-5-7-9-11-13-15-17-19-21-22-23-24-25-26-27-29-31-33-35-37-39-41-43-45-61-47-49(48-62-55-54(60)53(59)52(58)50(46-56)64-55)63-51(57)44-42-40-38-36-34-32-30-28-20-18-16-14-12-10-8-6-4-2/h5,7,11-14,17-20,22-23,49-50,52-56,58-60H,3-4,6,8-10,15-16,21,24-48H2,1-2H3/b7-5-,13-11-,14-12-,19-17-,20-18-,23-22-. The van der Waals surface area contributed by atoms with Gasteiger partial charge in [0.15, 0.2) is 6.29 Å². The fourth-order valence-electron chi connectivity index (χ4n) is 7.57. The zero-order valence-corrected chi connectivity index (χ0v) is 40.8. The molecule has 1 saturated heterocycles. The fourth-order valence-corrected chi connectivity index (χ4v) is 7.57. The second kappa shape index (κ2) is 45.8. The van der Waals surface area contributed by atoms with Crippen LogP contribution in [0.1, 0.15) is 206 Å². The number of aliphatic hydroxyl groups excluding tert-OH is 4. The highest BCUT2D eigenvalue weighted by Gasteiger charge is 2.44. The molecule has 64 heavy (non-hydrogen) atoms. The van der Waals surface area contributed by atoms with E-state index in [1.165, 1.54) is 109 Å². The first-order valence-corrected chi connectivity index (χ1v) is 26.0. The number of hydrogen-bond acceptors (Lipinski definition) is 9. The lowest BCUT2D eigenvalue weighted by Crippen LogP contribution is -2.59. The molecule has 0 bridgehead atoms. The summed E-state index contributed by atoms with van der Waals surface area (Å²) in [6.07, 6.45) is 53.6. The Morgan fingerprint density at radius 3 is 1.44 bits per heavy atom.